The van der Waals surface area contributed by atoms with E-state index in [1.165, 1.54) is 55.3 Å². The van der Waals surface area contributed by atoms with Gasteiger partial charge in [-0.3, -0.25) is 0 Å². The number of nitrogens with zero attached hydrogens (tertiary/aromatic N) is 3. The van der Waals surface area contributed by atoms with Crippen molar-refractivity contribution < 1.29 is 0 Å². The first-order valence-corrected chi connectivity index (χ1v) is 26.6. The van der Waals surface area contributed by atoms with Gasteiger partial charge in [-0.25, -0.2) is 0 Å². The normalized spacial score (nSPS) is 12.3. The highest BCUT2D eigenvalue weighted by Gasteiger charge is 2.45. The second-order valence-electron chi connectivity index (χ2n) is 20.0. The second-order valence-corrected chi connectivity index (χ2v) is 20.0. The van der Waals surface area contributed by atoms with Crippen molar-refractivity contribution in [1.29, 1.82) is 0 Å². The predicted octanol–water partition coefficient (Wildman–Crippen LogP) is 17.0. The predicted molar refractivity (Wildman–Crippen MR) is 324 cm³/mol. The van der Waals surface area contributed by atoms with Crippen LogP contribution in [0.1, 0.15) is 22.3 Å². The Morgan fingerprint density at radius 1 is 0.260 bits per heavy atom. The van der Waals surface area contributed by atoms with E-state index in [1.54, 1.807) is 0 Å². The van der Waals surface area contributed by atoms with Crippen LogP contribution in [0.5, 0.6) is 0 Å². The quantitative estimate of drug-likeness (QED) is 0.0944. The van der Waals surface area contributed by atoms with Gasteiger partial charge < -0.3 is 14.7 Å². The number of para-hydroxylation sites is 3. The van der Waals surface area contributed by atoms with Gasteiger partial charge in [0.25, 0.3) is 6.71 Å². The molecule has 0 unspecified atom stereocenters. The van der Waals surface area contributed by atoms with Crippen molar-refractivity contribution >= 4 is 74.3 Å². The highest BCUT2D eigenvalue weighted by Crippen LogP contribution is 2.50. The summed E-state index contributed by atoms with van der Waals surface area (Å²) in [6.45, 7) is -0.0713. The zero-order valence-electron chi connectivity index (χ0n) is 42.4. The van der Waals surface area contributed by atoms with Crippen molar-refractivity contribution in [3.8, 4) is 22.3 Å². The van der Waals surface area contributed by atoms with Gasteiger partial charge in [0.05, 0.1) is 11.1 Å². The third-order valence-electron chi connectivity index (χ3n) is 15.7. The molecule has 0 spiro atoms. The van der Waals surface area contributed by atoms with E-state index < -0.39 is 5.41 Å². The standard InChI is InChI=1S/C73H52BN3/c1-8-25-53(26-9-1)55-29-24-40-64(49-55)77-69-50-56(54-27-10-2-11-28-54)43-48-67(69)74-66-41-22-23-42-68(66)76(70-51-65(52-71(77)72(70)74)75(61-36-18-6-19-37-61)62-38-20-7-21-39-62)63-46-44-60(45-47-63)73(57-30-12-3-13-31-57,58-32-14-4-15-33-58)59-34-16-5-17-35-59/h1-52H. The zero-order chi connectivity index (χ0) is 51.1. The maximum atomic E-state index is 2.55. The molecule has 0 atom stereocenters. The van der Waals surface area contributed by atoms with E-state index in [0.717, 1.165) is 56.7 Å². The minimum Gasteiger partial charge on any atom is -0.311 e. The van der Waals surface area contributed by atoms with Crippen LogP contribution in [0.15, 0.2) is 315 Å². The first kappa shape index (κ1) is 45.7. The SMILES string of the molecule is c1ccc(-c2cccc(N3c4cc(-c5ccccc5)ccc4B4c5ccccc5N(c5ccc(C(c6ccccc6)(c6ccccc6)c6ccccc6)cc5)c5cc(N(c6ccccc6)c6ccccc6)cc3c54)c2)cc1. The topological polar surface area (TPSA) is 9.72 Å². The monoisotopic (exact) mass is 981 g/mol. The maximum absolute atomic E-state index is 2.55. The van der Waals surface area contributed by atoms with Crippen LogP contribution in [0, 0.1) is 0 Å². The molecule has 0 aliphatic carbocycles. The molecule has 362 valence electrons. The third-order valence-corrected chi connectivity index (χ3v) is 15.7. The number of fused-ring (bicyclic) bond motifs is 4. The van der Waals surface area contributed by atoms with Crippen LogP contribution in [-0.2, 0) is 5.41 Å². The molecule has 12 aromatic rings. The Labute approximate surface area is 452 Å². The molecule has 0 saturated carbocycles. The van der Waals surface area contributed by atoms with Crippen molar-refractivity contribution in [2.75, 3.05) is 14.7 Å². The number of anilines is 9. The lowest BCUT2D eigenvalue weighted by Gasteiger charge is -2.45. The molecule has 2 aliphatic rings. The molecule has 0 bridgehead atoms. The summed E-state index contributed by atoms with van der Waals surface area (Å²) >= 11 is 0. The van der Waals surface area contributed by atoms with E-state index in [4.69, 9.17) is 0 Å². The summed E-state index contributed by atoms with van der Waals surface area (Å²) in [4.78, 5) is 7.49. The third kappa shape index (κ3) is 7.84. The fourth-order valence-corrected chi connectivity index (χ4v) is 12.4. The molecule has 14 rings (SSSR count). The molecule has 0 amide bonds. The molecule has 2 aliphatic heterocycles. The lowest BCUT2D eigenvalue weighted by molar-refractivity contribution is 0.745. The average Bonchev–Trinajstić information content (AvgIpc) is 3.56. The number of hydrogen-bond donors (Lipinski definition) is 0. The first-order valence-electron chi connectivity index (χ1n) is 26.6. The summed E-state index contributed by atoms with van der Waals surface area (Å²) in [6, 6.07) is 116. The van der Waals surface area contributed by atoms with Crippen molar-refractivity contribution in [2.24, 2.45) is 0 Å². The van der Waals surface area contributed by atoms with Gasteiger partial charge in [-0.2, -0.15) is 0 Å². The Hall–Kier alpha value is -9.90. The van der Waals surface area contributed by atoms with Crippen LogP contribution in [0.3, 0.4) is 0 Å². The van der Waals surface area contributed by atoms with Crippen LogP contribution in [-0.4, -0.2) is 6.71 Å². The fourth-order valence-electron chi connectivity index (χ4n) is 12.4. The van der Waals surface area contributed by atoms with Crippen molar-refractivity contribution in [1.82, 2.24) is 0 Å². The molecule has 4 heteroatoms. The van der Waals surface area contributed by atoms with Crippen LogP contribution < -0.4 is 31.1 Å². The summed E-state index contributed by atoms with van der Waals surface area (Å²) in [5.74, 6) is 0. The lowest BCUT2D eigenvalue weighted by Crippen LogP contribution is -2.61. The summed E-state index contributed by atoms with van der Waals surface area (Å²) < 4.78 is 0. The second kappa shape index (κ2) is 19.4. The van der Waals surface area contributed by atoms with Gasteiger partial charge in [0.2, 0.25) is 0 Å². The van der Waals surface area contributed by atoms with E-state index in [-0.39, 0.29) is 6.71 Å². The molecule has 0 radical (unpaired) electrons. The molecule has 3 nitrogen and oxygen atoms in total. The largest absolute Gasteiger partial charge is 0.311 e. The molecule has 0 N–H and O–H groups in total. The molecular weight excluding hydrogens is 930 g/mol. The molecule has 0 fully saturated rings. The maximum Gasteiger partial charge on any atom is 0.252 e. The van der Waals surface area contributed by atoms with Crippen LogP contribution in [0.25, 0.3) is 22.3 Å². The van der Waals surface area contributed by atoms with Gasteiger partial charge >= 0.3 is 0 Å². The van der Waals surface area contributed by atoms with Crippen molar-refractivity contribution in [3.05, 3.63) is 338 Å². The molecule has 2 heterocycles. The Morgan fingerprint density at radius 3 is 1.21 bits per heavy atom. The molecular formula is C73H52BN3. The smallest absolute Gasteiger partial charge is 0.252 e. The minimum absolute atomic E-state index is 0.0713. The summed E-state index contributed by atoms with van der Waals surface area (Å²) in [5.41, 5.74) is 22.7. The number of hydrogen-bond acceptors (Lipinski definition) is 3. The first-order chi connectivity index (χ1) is 38.2. The van der Waals surface area contributed by atoms with E-state index in [0.29, 0.717) is 0 Å². The van der Waals surface area contributed by atoms with Gasteiger partial charge in [-0.05, 0) is 134 Å². The Balaban J connectivity index is 1.05. The molecule has 12 aromatic carbocycles. The summed E-state index contributed by atoms with van der Waals surface area (Å²) in [6.07, 6.45) is 0. The van der Waals surface area contributed by atoms with E-state index in [2.05, 4.69) is 330 Å². The van der Waals surface area contributed by atoms with Crippen molar-refractivity contribution in [3.63, 3.8) is 0 Å². The Morgan fingerprint density at radius 2 is 0.675 bits per heavy atom. The van der Waals surface area contributed by atoms with Gasteiger partial charge in [-0.1, -0.05) is 243 Å². The molecule has 77 heavy (non-hydrogen) atoms. The van der Waals surface area contributed by atoms with Gasteiger partial charge in [0, 0.05) is 45.5 Å². The van der Waals surface area contributed by atoms with E-state index in [1.807, 2.05) is 0 Å². The average molecular weight is 982 g/mol. The van der Waals surface area contributed by atoms with E-state index >= 15 is 0 Å². The van der Waals surface area contributed by atoms with Gasteiger partial charge in [-0.15, -0.1) is 0 Å². The minimum atomic E-state index is -0.588. The van der Waals surface area contributed by atoms with Crippen LogP contribution >= 0.6 is 0 Å². The highest BCUT2D eigenvalue weighted by atomic mass is 15.2. The van der Waals surface area contributed by atoms with Crippen molar-refractivity contribution in [2.45, 2.75) is 5.41 Å². The lowest BCUT2D eigenvalue weighted by atomic mass is 9.33. The Bertz CT molecular complexity index is 3890. The Kier molecular flexibility index (Phi) is 11.5. The van der Waals surface area contributed by atoms with Crippen LogP contribution in [0.2, 0.25) is 0 Å². The number of benzene rings is 12. The van der Waals surface area contributed by atoms with E-state index in [9.17, 15) is 0 Å². The summed E-state index contributed by atoms with van der Waals surface area (Å²) in [7, 11) is 0. The number of rotatable bonds is 11. The molecule has 0 saturated heterocycles. The summed E-state index contributed by atoms with van der Waals surface area (Å²) in [5, 5.41) is 0. The molecule has 0 aromatic heterocycles. The zero-order valence-corrected chi connectivity index (χ0v) is 42.4. The van der Waals surface area contributed by atoms with Gasteiger partial charge in [0.15, 0.2) is 0 Å². The van der Waals surface area contributed by atoms with Gasteiger partial charge in [0.1, 0.15) is 0 Å². The fraction of sp³-hybridized carbons (Fsp3) is 0.0137. The highest BCUT2D eigenvalue weighted by molar-refractivity contribution is 7.00. The van der Waals surface area contributed by atoms with Crippen LogP contribution in [0.4, 0.5) is 51.2 Å².